The lowest BCUT2D eigenvalue weighted by Crippen LogP contribution is -2.02. The van der Waals surface area contributed by atoms with Crippen LogP contribution in [0, 0.1) is 5.82 Å². The Labute approximate surface area is 123 Å². The highest BCUT2D eigenvalue weighted by Crippen LogP contribution is 2.24. The highest BCUT2D eigenvalue weighted by molar-refractivity contribution is 9.10. The van der Waals surface area contributed by atoms with Crippen molar-refractivity contribution in [2.24, 2.45) is 0 Å². The molecule has 102 valence electrons. The number of hydrogen-bond donors (Lipinski definition) is 2. The number of fused-ring (bicyclic) bond motifs is 1. The van der Waals surface area contributed by atoms with Crippen molar-refractivity contribution in [2.75, 3.05) is 17.7 Å². The first-order valence-electron chi connectivity index (χ1n) is 5.91. The number of aromatic nitrogens is 3. The summed E-state index contributed by atoms with van der Waals surface area (Å²) in [5.41, 5.74) is 1.42. The van der Waals surface area contributed by atoms with Gasteiger partial charge in [-0.3, -0.25) is 0 Å². The molecule has 20 heavy (non-hydrogen) atoms. The SMILES string of the molecule is CNc1cn2ccnc2c(Nc2ccc(F)c(Br)c2)n1. The minimum absolute atomic E-state index is 0.307. The molecule has 0 bridgehead atoms. The maximum atomic E-state index is 13.2. The van der Waals surface area contributed by atoms with Crippen molar-refractivity contribution in [3.05, 3.63) is 47.1 Å². The van der Waals surface area contributed by atoms with Gasteiger partial charge < -0.3 is 15.0 Å². The van der Waals surface area contributed by atoms with Crippen LogP contribution >= 0.6 is 15.9 Å². The van der Waals surface area contributed by atoms with Crippen LogP contribution in [0.3, 0.4) is 0 Å². The molecule has 0 unspecified atom stereocenters. The fourth-order valence-corrected chi connectivity index (χ4v) is 2.23. The second kappa shape index (κ2) is 5.09. The fraction of sp³-hybridized carbons (Fsp3) is 0.0769. The van der Waals surface area contributed by atoms with Crippen LogP contribution in [0.5, 0.6) is 0 Å². The van der Waals surface area contributed by atoms with Crippen LogP contribution in [-0.2, 0) is 0 Å². The van der Waals surface area contributed by atoms with E-state index in [1.807, 2.05) is 16.8 Å². The average molecular weight is 336 g/mol. The summed E-state index contributed by atoms with van der Waals surface area (Å²) >= 11 is 3.16. The molecule has 0 saturated carbocycles. The fourth-order valence-electron chi connectivity index (χ4n) is 1.85. The van der Waals surface area contributed by atoms with Gasteiger partial charge in [-0.15, -0.1) is 0 Å². The average Bonchev–Trinajstić information content (AvgIpc) is 2.91. The third kappa shape index (κ3) is 2.32. The molecule has 2 aromatic heterocycles. The van der Waals surface area contributed by atoms with Gasteiger partial charge in [-0.2, -0.15) is 0 Å². The summed E-state index contributed by atoms with van der Waals surface area (Å²) in [6, 6.07) is 4.69. The molecule has 0 spiro atoms. The second-order valence-corrected chi connectivity index (χ2v) is 4.99. The molecule has 0 saturated heterocycles. The number of nitrogens with zero attached hydrogens (tertiary/aromatic N) is 3. The number of nitrogens with one attached hydrogen (secondary N) is 2. The van der Waals surface area contributed by atoms with E-state index in [-0.39, 0.29) is 5.82 Å². The maximum absolute atomic E-state index is 13.2. The van der Waals surface area contributed by atoms with E-state index < -0.39 is 0 Å². The van der Waals surface area contributed by atoms with Gasteiger partial charge in [0.15, 0.2) is 11.5 Å². The molecule has 3 aromatic rings. The lowest BCUT2D eigenvalue weighted by Gasteiger charge is -2.10. The summed E-state index contributed by atoms with van der Waals surface area (Å²) in [6.07, 6.45) is 5.37. The van der Waals surface area contributed by atoms with Gasteiger partial charge in [0.05, 0.1) is 10.7 Å². The number of hydrogen-bond acceptors (Lipinski definition) is 4. The van der Waals surface area contributed by atoms with Gasteiger partial charge in [0.25, 0.3) is 0 Å². The molecule has 7 heteroatoms. The van der Waals surface area contributed by atoms with Crippen molar-refractivity contribution in [3.63, 3.8) is 0 Å². The second-order valence-electron chi connectivity index (χ2n) is 4.14. The molecule has 2 heterocycles. The number of anilines is 3. The van der Waals surface area contributed by atoms with E-state index in [9.17, 15) is 4.39 Å². The van der Waals surface area contributed by atoms with Crippen LogP contribution < -0.4 is 10.6 Å². The minimum atomic E-state index is -0.307. The summed E-state index contributed by atoms with van der Waals surface area (Å²) < 4.78 is 15.5. The third-order valence-electron chi connectivity index (χ3n) is 2.81. The molecule has 0 radical (unpaired) electrons. The van der Waals surface area contributed by atoms with E-state index in [2.05, 4.69) is 36.5 Å². The zero-order chi connectivity index (χ0) is 14.1. The minimum Gasteiger partial charge on any atom is -0.372 e. The molecule has 0 aliphatic rings. The summed E-state index contributed by atoms with van der Waals surface area (Å²) in [7, 11) is 1.79. The van der Waals surface area contributed by atoms with Crippen molar-refractivity contribution in [3.8, 4) is 0 Å². The zero-order valence-corrected chi connectivity index (χ0v) is 12.1. The van der Waals surface area contributed by atoms with Crippen LogP contribution in [0.4, 0.5) is 21.7 Å². The summed E-state index contributed by atoms with van der Waals surface area (Å²) in [4.78, 5) is 8.68. The molecule has 0 aliphatic heterocycles. The van der Waals surface area contributed by atoms with E-state index >= 15 is 0 Å². The van der Waals surface area contributed by atoms with Crippen LogP contribution in [0.15, 0.2) is 41.3 Å². The Balaban J connectivity index is 2.04. The maximum Gasteiger partial charge on any atom is 0.180 e. The zero-order valence-electron chi connectivity index (χ0n) is 10.6. The lowest BCUT2D eigenvalue weighted by atomic mass is 10.3. The number of benzene rings is 1. The van der Waals surface area contributed by atoms with Crippen molar-refractivity contribution in [2.45, 2.75) is 0 Å². The predicted molar refractivity (Wildman–Crippen MR) is 79.9 cm³/mol. The van der Waals surface area contributed by atoms with Crippen LogP contribution in [0.2, 0.25) is 0 Å². The van der Waals surface area contributed by atoms with Gasteiger partial charge in [-0.05, 0) is 34.1 Å². The lowest BCUT2D eigenvalue weighted by molar-refractivity contribution is 0.621. The normalized spacial score (nSPS) is 10.8. The number of halogens is 2. The van der Waals surface area contributed by atoms with E-state index in [1.165, 1.54) is 6.07 Å². The molecule has 5 nitrogen and oxygen atoms in total. The summed E-state index contributed by atoms with van der Waals surface area (Å²) in [5, 5.41) is 6.13. The van der Waals surface area contributed by atoms with Gasteiger partial charge in [0.2, 0.25) is 0 Å². The monoisotopic (exact) mass is 335 g/mol. The standard InChI is InChI=1S/C13H11BrFN5/c1-16-11-7-20-5-4-17-13(20)12(19-11)18-8-2-3-10(15)9(14)6-8/h2-7,16H,1H3,(H,18,19). The molecular weight excluding hydrogens is 325 g/mol. The first kappa shape index (κ1) is 12.9. The van der Waals surface area contributed by atoms with E-state index in [4.69, 9.17) is 0 Å². The van der Waals surface area contributed by atoms with E-state index in [0.29, 0.717) is 21.8 Å². The van der Waals surface area contributed by atoms with Crippen LogP contribution in [-0.4, -0.2) is 21.4 Å². The molecule has 1 aromatic carbocycles. The molecule has 2 N–H and O–H groups in total. The van der Waals surface area contributed by atoms with Crippen molar-refractivity contribution < 1.29 is 4.39 Å². The topological polar surface area (TPSA) is 54.2 Å². The van der Waals surface area contributed by atoms with Crippen molar-refractivity contribution in [1.82, 2.24) is 14.4 Å². The first-order valence-corrected chi connectivity index (χ1v) is 6.70. The molecule has 0 fully saturated rings. The quantitative estimate of drug-likeness (QED) is 0.770. The van der Waals surface area contributed by atoms with Crippen LogP contribution in [0.1, 0.15) is 0 Å². The number of rotatable bonds is 3. The summed E-state index contributed by atoms with van der Waals surface area (Å²) in [6.45, 7) is 0. The van der Waals surface area contributed by atoms with E-state index in [0.717, 1.165) is 5.69 Å². The summed E-state index contributed by atoms with van der Waals surface area (Å²) in [5.74, 6) is 0.998. The van der Waals surface area contributed by atoms with Gasteiger partial charge in [0.1, 0.15) is 11.6 Å². The predicted octanol–water partition coefficient (Wildman–Crippen LogP) is 3.42. The Morgan fingerprint density at radius 1 is 1.35 bits per heavy atom. The Kier molecular flexibility index (Phi) is 3.27. The third-order valence-corrected chi connectivity index (χ3v) is 3.42. The molecule has 3 rings (SSSR count). The molecule has 0 atom stereocenters. The largest absolute Gasteiger partial charge is 0.372 e. The van der Waals surface area contributed by atoms with Gasteiger partial charge in [-0.25, -0.2) is 14.4 Å². The highest BCUT2D eigenvalue weighted by Gasteiger charge is 2.08. The van der Waals surface area contributed by atoms with Gasteiger partial charge in [-0.1, -0.05) is 0 Å². The Morgan fingerprint density at radius 2 is 2.20 bits per heavy atom. The van der Waals surface area contributed by atoms with Gasteiger partial charge >= 0.3 is 0 Å². The van der Waals surface area contributed by atoms with Crippen molar-refractivity contribution in [1.29, 1.82) is 0 Å². The first-order chi connectivity index (χ1) is 9.67. The molecular formula is C13H11BrFN5. The van der Waals surface area contributed by atoms with Crippen LogP contribution in [0.25, 0.3) is 5.65 Å². The Morgan fingerprint density at radius 3 is 2.95 bits per heavy atom. The Bertz CT molecular complexity index is 771. The highest BCUT2D eigenvalue weighted by atomic mass is 79.9. The van der Waals surface area contributed by atoms with E-state index in [1.54, 1.807) is 25.4 Å². The number of imidazole rings is 1. The smallest absolute Gasteiger partial charge is 0.180 e. The Hall–Kier alpha value is -2.15. The molecule has 0 amide bonds. The van der Waals surface area contributed by atoms with Gasteiger partial charge in [0, 0.05) is 25.1 Å². The van der Waals surface area contributed by atoms with Crippen molar-refractivity contribution >= 4 is 38.9 Å². The molecule has 0 aliphatic carbocycles.